The van der Waals surface area contributed by atoms with Gasteiger partial charge >= 0.3 is 5.97 Å². The zero-order valence-electron chi connectivity index (χ0n) is 15.6. The van der Waals surface area contributed by atoms with Crippen LogP contribution in [0.5, 0.6) is 0 Å². The number of nitrogens with zero attached hydrogens (tertiary/aromatic N) is 2. The van der Waals surface area contributed by atoms with Gasteiger partial charge in [0.2, 0.25) is 5.91 Å². The summed E-state index contributed by atoms with van der Waals surface area (Å²) in [5, 5.41) is 15.1. The number of halogens is 2. The van der Waals surface area contributed by atoms with E-state index in [1.165, 1.54) is 0 Å². The number of benzene rings is 3. The van der Waals surface area contributed by atoms with Crippen LogP contribution in [0.3, 0.4) is 0 Å². The maximum Gasteiger partial charge on any atom is 0.357 e. The molecule has 8 heteroatoms. The number of carbonyl (C=O) groups excluding carboxylic acids is 1. The minimum atomic E-state index is -1.05. The number of amides is 1. The number of carbonyl (C=O) groups is 2. The number of carboxylic acids is 1. The minimum Gasteiger partial charge on any atom is -0.476 e. The number of nitrogens with two attached hydrogens (primary N) is 1. The number of aromatic nitrogens is 2. The van der Waals surface area contributed by atoms with Crippen molar-refractivity contribution in [1.29, 1.82) is 0 Å². The molecule has 30 heavy (non-hydrogen) atoms. The Morgan fingerprint density at radius 1 is 0.967 bits per heavy atom. The average molecular weight is 442 g/mol. The van der Waals surface area contributed by atoms with E-state index >= 15 is 0 Å². The lowest BCUT2D eigenvalue weighted by Crippen LogP contribution is -2.09. The van der Waals surface area contributed by atoms with Gasteiger partial charge in [0.25, 0.3) is 0 Å². The summed E-state index contributed by atoms with van der Waals surface area (Å²) in [6.45, 7) is 0.379. The SMILES string of the molecule is NC(=O)c1ccccc1.O=C(O)c1nn(Cc2ccc(Cl)cc2Cl)c2ccccc12. The number of para-hydroxylation sites is 1. The van der Waals surface area contributed by atoms with E-state index in [2.05, 4.69) is 5.10 Å². The van der Waals surface area contributed by atoms with Gasteiger partial charge < -0.3 is 10.8 Å². The molecule has 0 unspecified atom stereocenters. The number of hydrogen-bond donors (Lipinski definition) is 2. The topological polar surface area (TPSA) is 98.2 Å². The maximum atomic E-state index is 11.3. The predicted octanol–water partition coefficient (Wildman–Crippen LogP) is 4.88. The Morgan fingerprint density at radius 3 is 2.23 bits per heavy atom. The van der Waals surface area contributed by atoms with Crippen molar-refractivity contribution in [3.8, 4) is 0 Å². The molecule has 3 aromatic carbocycles. The number of carboxylic acid groups (broad SMARTS) is 1. The summed E-state index contributed by atoms with van der Waals surface area (Å²) in [4.78, 5) is 21.7. The van der Waals surface area contributed by atoms with E-state index in [0.717, 1.165) is 11.1 Å². The second-order valence-corrected chi connectivity index (χ2v) is 7.14. The lowest BCUT2D eigenvalue weighted by Gasteiger charge is -2.06. The minimum absolute atomic E-state index is 0.0377. The zero-order valence-corrected chi connectivity index (χ0v) is 17.1. The third-order valence-electron chi connectivity index (χ3n) is 4.25. The van der Waals surface area contributed by atoms with Crippen molar-refractivity contribution >= 4 is 46.0 Å². The maximum absolute atomic E-state index is 11.3. The first-order chi connectivity index (χ1) is 14.4. The van der Waals surface area contributed by atoms with Gasteiger partial charge in [-0.05, 0) is 35.9 Å². The molecule has 0 aliphatic heterocycles. The Morgan fingerprint density at radius 2 is 1.63 bits per heavy atom. The van der Waals surface area contributed by atoms with Crippen molar-refractivity contribution in [3.63, 3.8) is 0 Å². The first kappa shape index (κ1) is 21.4. The van der Waals surface area contributed by atoms with Gasteiger partial charge in [0, 0.05) is 21.0 Å². The monoisotopic (exact) mass is 441 g/mol. The van der Waals surface area contributed by atoms with Crippen molar-refractivity contribution in [3.05, 3.63) is 99.7 Å². The van der Waals surface area contributed by atoms with Gasteiger partial charge in [-0.3, -0.25) is 9.48 Å². The molecular formula is C22H17Cl2N3O3. The second-order valence-electron chi connectivity index (χ2n) is 6.29. The van der Waals surface area contributed by atoms with Gasteiger partial charge in [-0.1, -0.05) is 65.7 Å². The molecule has 0 radical (unpaired) electrons. The lowest BCUT2D eigenvalue weighted by atomic mass is 10.2. The third-order valence-corrected chi connectivity index (χ3v) is 4.84. The molecular weight excluding hydrogens is 425 g/mol. The van der Waals surface area contributed by atoms with Gasteiger partial charge in [-0.2, -0.15) is 5.10 Å². The van der Waals surface area contributed by atoms with E-state index in [0.29, 0.717) is 27.5 Å². The molecule has 0 spiro atoms. The highest BCUT2D eigenvalue weighted by molar-refractivity contribution is 6.35. The fourth-order valence-corrected chi connectivity index (χ4v) is 3.29. The molecule has 0 fully saturated rings. The number of rotatable bonds is 4. The Kier molecular flexibility index (Phi) is 6.72. The van der Waals surface area contributed by atoms with Gasteiger partial charge in [0.05, 0.1) is 12.1 Å². The summed E-state index contributed by atoms with van der Waals surface area (Å²) < 4.78 is 1.63. The summed E-state index contributed by atoms with van der Waals surface area (Å²) in [6, 6.07) is 21.2. The molecule has 0 bridgehead atoms. The Hall–Kier alpha value is -3.35. The van der Waals surface area contributed by atoms with E-state index in [1.807, 2.05) is 24.3 Å². The van der Waals surface area contributed by atoms with Crippen LogP contribution in [0.2, 0.25) is 10.0 Å². The van der Waals surface area contributed by atoms with E-state index in [-0.39, 0.29) is 11.6 Å². The third kappa shape index (κ3) is 4.97. The highest BCUT2D eigenvalue weighted by Crippen LogP contribution is 2.24. The first-order valence-electron chi connectivity index (χ1n) is 8.84. The average Bonchev–Trinajstić information content (AvgIpc) is 3.10. The molecule has 1 aromatic heterocycles. The largest absolute Gasteiger partial charge is 0.476 e. The van der Waals surface area contributed by atoms with Crippen LogP contribution in [0.15, 0.2) is 72.8 Å². The normalized spacial score (nSPS) is 10.3. The van der Waals surface area contributed by atoms with Crippen molar-refractivity contribution in [2.45, 2.75) is 6.54 Å². The summed E-state index contributed by atoms with van der Waals surface area (Å²) in [6.07, 6.45) is 0. The van der Waals surface area contributed by atoms with Crippen LogP contribution in [-0.4, -0.2) is 26.8 Å². The summed E-state index contributed by atoms with van der Waals surface area (Å²) in [7, 11) is 0. The van der Waals surface area contributed by atoms with E-state index in [1.54, 1.807) is 53.2 Å². The molecule has 1 amide bonds. The van der Waals surface area contributed by atoms with Crippen LogP contribution in [0.1, 0.15) is 26.4 Å². The van der Waals surface area contributed by atoms with Crippen LogP contribution in [0.4, 0.5) is 0 Å². The fraction of sp³-hybridized carbons (Fsp3) is 0.0455. The molecule has 0 atom stereocenters. The molecule has 1 heterocycles. The van der Waals surface area contributed by atoms with Gasteiger partial charge in [0.1, 0.15) is 0 Å². The van der Waals surface area contributed by atoms with Crippen LogP contribution in [0, 0.1) is 0 Å². The Bertz CT molecular complexity index is 1210. The second kappa shape index (κ2) is 9.43. The molecule has 4 rings (SSSR count). The summed E-state index contributed by atoms with van der Waals surface area (Å²) in [5.74, 6) is -1.43. The molecule has 4 aromatic rings. The molecule has 152 valence electrons. The van der Waals surface area contributed by atoms with E-state index in [4.69, 9.17) is 28.9 Å². The quantitative estimate of drug-likeness (QED) is 0.471. The Labute approximate surface area is 182 Å². The van der Waals surface area contributed by atoms with E-state index in [9.17, 15) is 14.7 Å². The van der Waals surface area contributed by atoms with Crippen molar-refractivity contribution < 1.29 is 14.7 Å². The highest BCUT2D eigenvalue weighted by Gasteiger charge is 2.16. The van der Waals surface area contributed by atoms with Gasteiger partial charge in [0.15, 0.2) is 5.69 Å². The van der Waals surface area contributed by atoms with Gasteiger partial charge in [-0.25, -0.2) is 4.79 Å². The van der Waals surface area contributed by atoms with Crippen LogP contribution >= 0.6 is 23.2 Å². The zero-order chi connectivity index (χ0) is 21.7. The summed E-state index contributed by atoms with van der Waals surface area (Å²) in [5.41, 5.74) is 7.14. The van der Waals surface area contributed by atoms with Crippen LogP contribution in [-0.2, 0) is 6.54 Å². The summed E-state index contributed by atoms with van der Waals surface area (Å²) >= 11 is 12.0. The lowest BCUT2D eigenvalue weighted by molar-refractivity contribution is 0.0691. The molecule has 0 aliphatic carbocycles. The molecule has 0 saturated heterocycles. The number of primary amides is 1. The van der Waals surface area contributed by atoms with Crippen LogP contribution in [0.25, 0.3) is 10.9 Å². The standard InChI is InChI=1S/C15H10Cl2N2O2.C7H7NO/c16-10-6-5-9(12(17)7-10)8-19-13-4-2-1-3-11(13)14(18-19)15(20)21;8-7(9)6-4-2-1-3-5-6/h1-7H,8H2,(H,20,21);1-5H,(H2,8,9). The molecule has 3 N–H and O–H groups in total. The first-order valence-corrected chi connectivity index (χ1v) is 9.60. The number of aromatic carboxylic acids is 1. The van der Waals surface area contributed by atoms with Gasteiger partial charge in [-0.15, -0.1) is 0 Å². The van der Waals surface area contributed by atoms with E-state index < -0.39 is 5.97 Å². The number of hydrogen-bond acceptors (Lipinski definition) is 3. The van der Waals surface area contributed by atoms with Crippen molar-refractivity contribution in [1.82, 2.24) is 9.78 Å². The highest BCUT2D eigenvalue weighted by atomic mass is 35.5. The smallest absolute Gasteiger partial charge is 0.357 e. The predicted molar refractivity (Wildman–Crippen MR) is 117 cm³/mol. The van der Waals surface area contributed by atoms with Crippen LogP contribution < -0.4 is 5.73 Å². The molecule has 6 nitrogen and oxygen atoms in total. The molecule has 0 saturated carbocycles. The Balaban J connectivity index is 0.000000239. The van der Waals surface area contributed by atoms with Crippen molar-refractivity contribution in [2.75, 3.05) is 0 Å². The van der Waals surface area contributed by atoms with Crippen molar-refractivity contribution in [2.24, 2.45) is 5.73 Å². The number of fused-ring (bicyclic) bond motifs is 1. The molecule has 0 aliphatic rings. The fourth-order valence-electron chi connectivity index (χ4n) is 2.82.